The van der Waals surface area contributed by atoms with E-state index in [2.05, 4.69) is 36.2 Å². The van der Waals surface area contributed by atoms with Crippen molar-refractivity contribution in [3.63, 3.8) is 0 Å². The van der Waals surface area contributed by atoms with Gasteiger partial charge < -0.3 is 0 Å². The highest BCUT2D eigenvalue weighted by atomic mass is 14.9. The van der Waals surface area contributed by atoms with Crippen molar-refractivity contribution in [3.8, 4) is 0 Å². The van der Waals surface area contributed by atoms with Gasteiger partial charge in [0.25, 0.3) is 0 Å². The molecule has 0 unspecified atom stereocenters. The summed E-state index contributed by atoms with van der Waals surface area (Å²) in [5.74, 6) is 2.68. The van der Waals surface area contributed by atoms with Crippen molar-refractivity contribution in [1.82, 2.24) is 9.97 Å². The van der Waals surface area contributed by atoms with Gasteiger partial charge in [0.2, 0.25) is 0 Å². The third-order valence-corrected chi connectivity index (χ3v) is 4.70. The molecule has 1 aromatic rings. The number of hydrogen-bond acceptors (Lipinski definition) is 2. The summed E-state index contributed by atoms with van der Waals surface area (Å²) >= 11 is 0. The van der Waals surface area contributed by atoms with E-state index < -0.39 is 0 Å². The van der Waals surface area contributed by atoms with Crippen LogP contribution in [0.1, 0.15) is 88.9 Å². The summed E-state index contributed by atoms with van der Waals surface area (Å²) in [5.41, 5.74) is 1.31. The summed E-state index contributed by atoms with van der Waals surface area (Å²) in [6.07, 6.45) is 17.2. The Morgan fingerprint density at radius 3 is 2.25 bits per heavy atom. The lowest BCUT2D eigenvalue weighted by Gasteiger charge is -2.27. The molecule has 0 saturated heterocycles. The maximum atomic E-state index is 4.64. The van der Waals surface area contributed by atoms with E-state index in [0.717, 1.165) is 18.2 Å². The Morgan fingerprint density at radius 1 is 0.950 bits per heavy atom. The van der Waals surface area contributed by atoms with Crippen molar-refractivity contribution in [1.29, 1.82) is 0 Å². The van der Waals surface area contributed by atoms with Gasteiger partial charge in [0.05, 0.1) is 0 Å². The monoisotopic (exact) mass is 274 g/mol. The van der Waals surface area contributed by atoms with Crippen LogP contribution in [0.2, 0.25) is 0 Å². The SMILES string of the molecule is CCCCCc1cnc([C@H]2CC[C@H](CCC)CC2)nc1. The molecule has 0 amide bonds. The van der Waals surface area contributed by atoms with Crippen LogP contribution in [-0.4, -0.2) is 9.97 Å². The Morgan fingerprint density at radius 2 is 1.65 bits per heavy atom. The highest BCUT2D eigenvalue weighted by Crippen LogP contribution is 2.35. The second-order valence-corrected chi connectivity index (χ2v) is 6.41. The minimum atomic E-state index is 0.618. The molecule has 0 aliphatic heterocycles. The van der Waals surface area contributed by atoms with Crippen LogP contribution in [0.5, 0.6) is 0 Å². The second-order valence-electron chi connectivity index (χ2n) is 6.41. The lowest BCUT2D eigenvalue weighted by molar-refractivity contribution is 0.302. The van der Waals surface area contributed by atoms with Gasteiger partial charge in [-0.05, 0) is 50.0 Å². The maximum Gasteiger partial charge on any atom is 0.131 e. The quantitative estimate of drug-likeness (QED) is 0.632. The van der Waals surface area contributed by atoms with Gasteiger partial charge in [-0.2, -0.15) is 0 Å². The third-order valence-electron chi connectivity index (χ3n) is 4.70. The zero-order chi connectivity index (χ0) is 14.2. The average molecular weight is 274 g/mol. The molecule has 1 fully saturated rings. The summed E-state index contributed by atoms with van der Waals surface area (Å²) in [6.45, 7) is 4.54. The largest absolute Gasteiger partial charge is 0.241 e. The van der Waals surface area contributed by atoms with E-state index >= 15 is 0 Å². The summed E-state index contributed by atoms with van der Waals surface area (Å²) in [4.78, 5) is 9.28. The number of rotatable bonds is 7. The first-order valence-electron chi connectivity index (χ1n) is 8.64. The van der Waals surface area contributed by atoms with E-state index in [1.807, 2.05) is 0 Å². The molecule has 2 nitrogen and oxygen atoms in total. The van der Waals surface area contributed by atoms with Crippen molar-refractivity contribution in [2.24, 2.45) is 5.92 Å². The van der Waals surface area contributed by atoms with Crippen LogP contribution in [0.4, 0.5) is 0 Å². The normalized spacial score (nSPS) is 22.9. The van der Waals surface area contributed by atoms with Gasteiger partial charge in [-0.15, -0.1) is 0 Å². The van der Waals surface area contributed by atoms with Crippen molar-refractivity contribution in [2.75, 3.05) is 0 Å². The van der Waals surface area contributed by atoms with Gasteiger partial charge in [0.15, 0.2) is 0 Å². The van der Waals surface area contributed by atoms with E-state index in [9.17, 15) is 0 Å². The molecule has 0 aromatic carbocycles. The molecular weight excluding hydrogens is 244 g/mol. The van der Waals surface area contributed by atoms with Crippen LogP contribution in [0.25, 0.3) is 0 Å². The molecule has 2 heteroatoms. The molecule has 1 saturated carbocycles. The van der Waals surface area contributed by atoms with E-state index in [1.165, 1.54) is 63.4 Å². The van der Waals surface area contributed by atoms with Gasteiger partial charge in [-0.25, -0.2) is 9.97 Å². The Bertz CT molecular complexity index is 364. The fraction of sp³-hybridized carbons (Fsp3) is 0.778. The molecule has 1 aliphatic rings. The molecule has 0 radical (unpaired) electrons. The number of hydrogen-bond donors (Lipinski definition) is 0. The Kier molecular flexibility index (Phi) is 6.49. The molecule has 0 spiro atoms. The molecule has 1 heterocycles. The van der Waals surface area contributed by atoms with Crippen molar-refractivity contribution in [2.45, 2.75) is 84.0 Å². The molecule has 1 aliphatic carbocycles. The minimum absolute atomic E-state index is 0.618. The van der Waals surface area contributed by atoms with Gasteiger partial charge in [0, 0.05) is 18.3 Å². The molecule has 0 N–H and O–H groups in total. The summed E-state index contributed by atoms with van der Waals surface area (Å²) in [6, 6.07) is 0. The predicted molar refractivity (Wildman–Crippen MR) is 84.9 cm³/mol. The summed E-state index contributed by atoms with van der Waals surface area (Å²) in [5, 5.41) is 0. The number of aromatic nitrogens is 2. The predicted octanol–water partition coefficient (Wildman–Crippen LogP) is 5.28. The van der Waals surface area contributed by atoms with Crippen LogP contribution in [-0.2, 0) is 6.42 Å². The van der Waals surface area contributed by atoms with E-state index in [-0.39, 0.29) is 0 Å². The summed E-state index contributed by atoms with van der Waals surface area (Å²) < 4.78 is 0. The molecule has 20 heavy (non-hydrogen) atoms. The van der Waals surface area contributed by atoms with Crippen molar-refractivity contribution >= 4 is 0 Å². The number of unbranched alkanes of at least 4 members (excludes halogenated alkanes) is 2. The second kappa shape index (κ2) is 8.39. The molecule has 2 rings (SSSR count). The molecular formula is C18H30N2. The standard InChI is InChI=1S/C18H30N2/c1-3-5-6-8-16-13-19-18(20-14-16)17-11-9-15(7-4-2)10-12-17/h13-15,17H,3-12H2,1-2H3/t15-,17-. The highest BCUT2D eigenvalue weighted by molar-refractivity contribution is 5.08. The molecule has 0 bridgehead atoms. The minimum Gasteiger partial charge on any atom is -0.241 e. The first kappa shape index (κ1) is 15.5. The Balaban J connectivity index is 1.81. The van der Waals surface area contributed by atoms with Gasteiger partial charge in [0.1, 0.15) is 5.82 Å². The maximum absolute atomic E-state index is 4.64. The average Bonchev–Trinajstić information content (AvgIpc) is 2.49. The van der Waals surface area contributed by atoms with Gasteiger partial charge in [-0.3, -0.25) is 0 Å². The van der Waals surface area contributed by atoms with Crippen LogP contribution in [0, 0.1) is 5.92 Å². The van der Waals surface area contributed by atoms with Crippen LogP contribution in [0.3, 0.4) is 0 Å². The van der Waals surface area contributed by atoms with Crippen LogP contribution >= 0.6 is 0 Å². The Labute approximate surface area is 124 Å². The van der Waals surface area contributed by atoms with Crippen molar-refractivity contribution in [3.05, 3.63) is 23.8 Å². The lowest BCUT2D eigenvalue weighted by atomic mass is 9.80. The summed E-state index contributed by atoms with van der Waals surface area (Å²) in [7, 11) is 0. The van der Waals surface area contributed by atoms with Crippen LogP contribution < -0.4 is 0 Å². The van der Waals surface area contributed by atoms with Gasteiger partial charge >= 0.3 is 0 Å². The van der Waals surface area contributed by atoms with Crippen molar-refractivity contribution < 1.29 is 0 Å². The Hall–Kier alpha value is -0.920. The fourth-order valence-electron chi connectivity index (χ4n) is 3.40. The van der Waals surface area contributed by atoms with Crippen LogP contribution in [0.15, 0.2) is 12.4 Å². The van der Waals surface area contributed by atoms with Gasteiger partial charge in [-0.1, -0.05) is 39.5 Å². The molecule has 112 valence electrons. The smallest absolute Gasteiger partial charge is 0.131 e. The molecule has 0 atom stereocenters. The zero-order valence-corrected chi connectivity index (χ0v) is 13.3. The first-order valence-corrected chi connectivity index (χ1v) is 8.64. The fourth-order valence-corrected chi connectivity index (χ4v) is 3.40. The van der Waals surface area contributed by atoms with E-state index in [0.29, 0.717) is 5.92 Å². The zero-order valence-electron chi connectivity index (χ0n) is 13.3. The number of aryl methyl sites for hydroxylation is 1. The number of nitrogens with zero attached hydrogens (tertiary/aromatic N) is 2. The van der Waals surface area contributed by atoms with E-state index in [4.69, 9.17) is 0 Å². The van der Waals surface area contributed by atoms with E-state index in [1.54, 1.807) is 0 Å². The highest BCUT2D eigenvalue weighted by Gasteiger charge is 2.23. The molecule has 1 aromatic heterocycles. The lowest BCUT2D eigenvalue weighted by Crippen LogP contribution is -2.15. The first-order chi connectivity index (χ1) is 9.83. The third kappa shape index (κ3) is 4.57. The topological polar surface area (TPSA) is 25.8 Å².